The molecular formula is C25H33ClN2O2. The monoisotopic (exact) mass is 428 g/mol. The standard InChI is InChI=1S/C25H33ClN2O2/c1-2-18-30-24-12-6-4-8-20(24)10-7-15-27-25(29)21-13-16-28(17-14-21)19-22-9-3-5-11-23(22)26/h3-6,8-9,11-12,21H,2,7,10,13-19H2,1H3,(H,27,29). The second-order valence-electron chi connectivity index (χ2n) is 7.99. The Balaban J connectivity index is 1.36. The fourth-order valence-electron chi connectivity index (χ4n) is 3.92. The molecule has 0 aromatic heterocycles. The van der Waals surface area contributed by atoms with Crippen molar-refractivity contribution in [3.8, 4) is 5.75 Å². The Labute approximate surface area is 185 Å². The average Bonchev–Trinajstić information content (AvgIpc) is 2.78. The van der Waals surface area contributed by atoms with Crippen LogP contribution in [0.15, 0.2) is 48.5 Å². The van der Waals surface area contributed by atoms with Crippen LogP contribution < -0.4 is 10.1 Å². The van der Waals surface area contributed by atoms with E-state index in [1.165, 1.54) is 5.56 Å². The molecule has 1 fully saturated rings. The van der Waals surface area contributed by atoms with Crippen molar-refractivity contribution in [2.45, 2.75) is 45.6 Å². The Hall–Kier alpha value is -2.04. The topological polar surface area (TPSA) is 41.6 Å². The third kappa shape index (κ3) is 6.75. The highest BCUT2D eigenvalue weighted by Crippen LogP contribution is 2.23. The van der Waals surface area contributed by atoms with Crippen molar-refractivity contribution in [2.24, 2.45) is 5.92 Å². The summed E-state index contributed by atoms with van der Waals surface area (Å²) in [7, 11) is 0. The summed E-state index contributed by atoms with van der Waals surface area (Å²) in [4.78, 5) is 14.9. The number of aryl methyl sites for hydroxylation is 1. The van der Waals surface area contributed by atoms with Gasteiger partial charge in [0.15, 0.2) is 0 Å². The van der Waals surface area contributed by atoms with E-state index in [9.17, 15) is 4.79 Å². The van der Waals surface area contributed by atoms with E-state index in [2.05, 4.69) is 29.3 Å². The normalized spacial score (nSPS) is 15.1. The second-order valence-corrected chi connectivity index (χ2v) is 8.40. The van der Waals surface area contributed by atoms with Gasteiger partial charge in [-0.2, -0.15) is 0 Å². The number of carbonyl (C=O) groups is 1. The van der Waals surface area contributed by atoms with Crippen LogP contribution in [-0.2, 0) is 17.8 Å². The minimum absolute atomic E-state index is 0.118. The van der Waals surface area contributed by atoms with E-state index >= 15 is 0 Å². The van der Waals surface area contributed by atoms with Gasteiger partial charge >= 0.3 is 0 Å². The molecule has 30 heavy (non-hydrogen) atoms. The van der Waals surface area contributed by atoms with Crippen molar-refractivity contribution in [1.82, 2.24) is 10.2 Å². The number of carbonyl (C=O) groups excluding carboxylic acids is 1. The number of nitrogens with one attached hydrogen (secondary N) is 1. The summed E-state index contributed by atoms with van der Waals surface area (Å²) in [6, 6.07) is 16.2. The van der Waals surface area contributed by atoms with E-state index in [0.717, 1.165) is 74.7 Å². The van der Waals surface area contributed by atoms with Gasteiger partial charge in [0.05, 0.1) is 6.61 Å². The molecule has 1 aliphatic rings. The first-order valence-electron chi connectivity index (χ1n) is 11.1. The van der Waals surface area contributed by atoms with Crippen LogP contribution in [0, 0.1) is 5.92 Å². The summed E-state index contributed by atoms with van der Waals surface area (Å²) in [5, 5.41) is 3.96. The first-order chi connectivity index (χ1) is 14.7. The molecule has 1 aliphatic heterocycles. The second kappa shape index (κ2) is 12.0. The summed E-state index contributed by atoms with van der Waals surface area (Å²) in [6.45, 7) is 6.29. The molecule has 2 aromatic carbocycles. The molecule has 5 heteroatoms. The summed E-state index contributed by atoms with van der Waals surface area (Å²) < 4.78 is 5.82. The Morgan fingerprint density at radius 1 is 1.10 bits per heavy atom. The van der Waals surface area contributed by atoms with Crippen molar-refractivity contribution in [3.05, 3.63) is 64.7 Å². The summed E-state index contributed by atoms with van der Waals surface area (Å²) in [5.74, 6) is 1.28. The van der Waals surface area contributed by atoms with Crippen molar-refractivity contribution in [2.75, 3.05) is 26.2 Å². The molecule has 1 saturated heterocycles. The number of nitrogens with zero attached hydrogens (tertiary/aromatic N) is 1. The molecule has 2 aromatic rings. The molecule has 1 N–H and O–H groups in total. The lowest BCUT2D eigenvalue weighted by Gasteiger charge is -2.31. The number of halogens is 1. The van der Waals surface area contributed by atoms with Crippen molar-refractivity contribution >= 4 is 17.5 Å². The predicted molar refractivity (Wildman–Crippen MR) is 123 cm³/mol. The van der Waals surface area contributed by atoms with Crippen LogP contribution in [0.2, 0.25) is 5.02 Å². The fourth-order valence-corrected chi connectivity index (χ4v) is 4.11. The van der Waals surface area contributed by atoms with Crippen LogP contribution in [0.4, 0.5) is 0 Å². The quantitative estimate of drug-likeness (QED) is 0.536. The van der Waals surface area contributed by atoms with E-state index in [0.29, 0.717) is 6.54 Å². The highest BCUT2D eigenvalue weighted by atomic mass is 35.5. The molecule has 0 unspecified atom stereocenters. The van der Waals surface area contributed by atoms with Gasteiger partial charge in [-0.25, -0.2) is 0 Å². The van der Waals surface area contributed by atoms with Gasteiger partial charge in [-0.3, -0.25) is 9.69 Å². The van der Waals surface area contributed by atoms with Gasteiger partial charge in [-0.05, 0) is 68.5 Å². The first-order valence-corrected chi connectivity index (χ1v) is 11.5. The van der Waals surface area contributed by atoms with Crippen molar-refractivity contribution in [3.63, 3.8) is 0 Å². The van der Waals surface area contributed by atoms with Gasteiger partial charge in [0.1, 0.15) is 5.75 Å². The maximum absolute atomic E-state index is 12.6. The molecule has 0 spiro atoms. The number of benzene rings is 2. The van der Waals surface area contributed by atoms with Crippen LogP contribution in [0.3, 0.4) is 0 Å². The number of piperidine rings is 1. The van der Waals surface area contributed by atoms with Crippen LogP contribution >= 0.6 is 11.6 Å². The van der Waals surface area contributed by atoms with E-state index < -0.39 is 0 Å². The Kier molecular flexibility index (Phi) is 9.03. The number of hydrogen-bond donors (Lipinski definition) is 1. The molecule has 3 rings (SSSR count). The molecule has 0 aliphatic carbocycles. The summed E-state index contributed by atoms with van der Waals surface area (Å²) in [6.07, 6.45) is 4.65. The molecule has 0 saturated carbocycles. The van der Waals surface area contributed by atoms with E-state index in [4.69, 9.17) is 16.3 Å². The highest BCUT2D eigenvalue weighted by Gasteiger charge is 2.24. The van der Waals surface area contributed by atoms with Gasteiger partial charge in [0, 0.05) is 24.0 Å². The van der Waals surface area contributed by atoms with Crippen LogP contribution in [0.1, 0.15) is 43.7 Å². The third-order valence-electron chi connectivity index (χ3n) is 5.67. The largest absolute Gasteiger partial charge is 0.493 e. The number of ether oxygens (including phenoxy) is 1. The maximum atomic E-state index is 12.6. The third-order valence-corrected chi connectivity index (χ3v) is 6.04. The molecule has 162 valence electrons. The zero-order valence-electron chi connectivity index (χ0n) is 17.9. The Bertz CT molecular complexity index is 803. The van der Waals surface area contributed by atoms with E-state index in [1.807, 2.05) is 36.4 Å². The number of amides is 1. The number of para-hydroxylation sites is 1. The van der Waals surface area contributed by atoms with E-state index in [-0.39, 0.29) is 11.8 Å². The lowest BCUT2D eigenvalue weighted by Crippen LogP contribution is -2.40. The van der Waals surface area contributed by atoms with E-state index in [1.54, 1.807) is 0 Å². The van der Waals surface area contributed by atoms with Gasteiger partial charge in [0.2, 0.25) is 5.91 Å². The molecule has 0 bridgehead atoms. The predicted octanol–water partition coefficient (Wildman–Crippen LogP) is 5.09. The summed E-state index contributed by atoms with van der Waals surface area (Å²) in [5.41, 5.74) is 2.37. The molecule has 0 atom stereocenters. The smallest absolute Gasteiger partial charge is 0.223 e. The van der Waals surface area contributed by atoms with Crippen molar-refractivity contribution < 1.29 is 9.53 Å². The van der Waals surface area contributed by atoms with Gasteiger partial charge in [-0.15, -0.1) is 0 Å². The summed E-state index contributed by atoms with van der Waals surface area (Å²) >= 11 is 6.27. The molecule has 1 amide bonds. The Morgan fingerprint density at radius 2 is 1.80 bits per heavy atom. The molecule has 4 nitrogen and oxygen atoms in total. The van der Waals surface area contributed by atoms with Crippen molar-refractivity contribution in [1.29, 1.82) is 0 Å². The Morgan fingerprint density at radius 3 is 2.53 bits per heavy atom. The minimum atomic E-state index is 0.118. The minimum Gasteiger partial charge on any atom is -0.493 e. The number of rotatable bonds is 10. The number of hydrogen-bond acceptors (Lipinski definition) is 3. The zero-order valence-corrected chi connectivity index (χ0v) is 18.7. The van der Waals surface area contributed by atoms with Crippen LogP contribution in [0.25, 0.3) is 0 Å². The molecular weight excluding hydrogens is 396 g/mol. The molecule has 1 heterocycles. The number of likely N-dealkylation sites (tertiary alicyclic amines) is 1. The average molecular weight is 429 g/mol. The van der Waals surface area contributed by atoms with Gasteiger partial charge < -0.3 is 10.1 Å². The lowest BCUT2D eigenvalue weighted by molar-refractivity contribution is -0.126. The maximum Gasteiger partial charge on any atom is 0.223 e. The van der Waals surface area contributed by atoms with Gasteiger partial charge in [-0.1, -0.05) is 54.9 Å². The SMILES string of the molecule is CCCOc1ccccc1CCCNC(=O)C1CCN(Cc2ccccc2Cl)CC1. The van der Waals surface area contributed by atoms with Gasteiger partial charge in [0.25, 0.3) is 0 Å². The lowest BCUT2D eigenvalue weighted by atomic mass is 9.95. The molecule has 0 radical (unpaired) electrons. The zero-order chi connectivity index (χ0) is 21.2. The highest BCUT2D eigenvalue weighted by molar-refractivity contribution is 6.31. The fraction of sp³-hybridized carbons (Fsp3) is 0.480. The first kappa shape index (κ1) is 22.6. The van der Waals surface area contributed by atoms with Crippen LogP contribution in [0.5, 0.6) is 5.75 Å². The van der Waals surface area contributed by atoms with Crippen LogP contribution in [-0.4, -0.2) is 37.0 Å².